The largest absolute Gasteiger partial charge is 0.339 e. The zero-order valence-electron chi connectivity index (χ0n) is 15.9. The molecule has 6 heteroatoms. The number of aromatic nitrogens is 4. The molecule has 2 aromatic heterocycles. The van der Waals surface area contributed by atoms with Gasteiger partial charge in [-0.1, -0.05) is 0 Å². The Morgan fingerprint density at radius 2 is 1.89 bits per heavy atom. The predicted octanol–water partition coefficient (Wildman–Crippen LogP) is 3.24. The maximum absolute atomic E-state index is 12.8. The topological polar surface area (TPSA) is 56.0 Å². The van der Waals surface area contributed by atoms with Gasteiger partial charge in [0.05, 0.1) is 17.7 Å². The van der Waals surface area contributed by atoms with Crippen molar-refractivity contribution in [2.24, 2.45) is 5.92 Å². The lowest BCUT2D eigenvalue weighted by Crippen LogP contribution is -2.39. The number of benzene rings is 1. The van der Waals surface area contributed by atoms with Gasteiger partial charge in [0.15, 0.2) is 0 Å². The van der Waals surface area contributed by atoms with Crippen molar-refractivity contribution >= 4 is 5.91 Å². The Kier molecular flexibility index (Phi) is 4.79. The van der Waals surface area contributed by atoms with Gasteiger partial charge in [-0.25, -0.2) is 9.67 Å². The van der Waals surface area contributed by atoms with Crippen LogP contribution in [0.25, 0.3) is 5.69 Å². The van der Waals surface area contributed by atoms with Crippen LogP contribution in [0.3, 0.4) is 0 Å². The third-order valence-electron chi connectivity index (χ3n) is 5.30. The quantitative estimate of drug-likeness (QED) is 0.715. The van der Waals surface area contributed by atoms with Crippen LogP contribution in [0.2, 0.25) is 0 Å². The van der Waals surface area contributed by atoms with Crippen molar-refractivity contribution in [2.45, 2.75) is 33.2 Å². The van der Waals surface area contributed by atoms with Crippen molar-refractivity contribution in [3.8, 4) is 5.69 Å². The molecule has 3 aromatic rings. The molecule has 1 aliphatic rings. The maximum Gasteiger partial charge on any atom is 0.253 e. The molecule has 1 fully saturated rings. The second-order valence-electron chi connectivity index (χ2n) is 7.38. The van der Waals surface area contributed by atoms with Crippen molar-refractivity contribution in [1.29, 1.82) is 0 Å². The molecule has 27 heavy (non-hydrogen) atoms. The highest BCUT2D eigenvalue weighted by Crippen LogP contribution is 2.21. The first-order valence-corrected chi connectivity index (χ1v) is 9.49. The molecule has 1 amide bonds. The lowest BCUT2D eigenvalue weighted by molar-refractivity contribution is 0.0683. The third-order valence-corrected chi connectivity index (χ3v) is 5.30. The van der Waals surface area contributed by atoms with Gasteiger partial charge < -0.3 is 9.47 Å². The van der Waals surface area contributed by atoms with Crippen LogP contribution in [0.5, 0.6) is 0 Å². The van der Waals surface area contributed by atoms with Gasteiger partial charge in [0.2, 0.25) is 0 Å². The number of aryl methyl sites for hydroxylation is 2. The van der Waals surface area contributed by atoms with E-state index in [2.05, 4.69) is 14.6 Å². The number of amides is 1. The molecular formula is C21H25N5O. The molecule has 6 nitrogen and oxygen atoms in total. The average molecular weight is 363 g/mol. The molecule has 1 aliphatic heterocycles. The van der Waals surface area contributed by atoms with Gasteiger partial charge in [-0.2, -0.15) is 5.10 Å². The fourth-order valence-electron chi connectivity index (χ4n) is 3.83. The summed E-state index contributed by atoms with van der Waals surface area (Å²) in [7, 11) is 0. The summed E-state index contributed by atoms with van der Waals surface area (Å²) in [6.07, 6.45) is 7.75. The number of likely N-dealkylation sites (tertiary alicyclic amines) is 1. The SMILES string of the molecule is Cc1cc(C)n(-c2ccc(C(=O)N3CCC(Cn4ccnc4)CC3)cc2)n1. The van der Waals surface area contributed by atoms with Gasteiger partial charge in [-0.15, -0.1) is 0 Å². The smallest absolute Gasteiger partial charge is 0.253 e. The molecular weight excluding hydrogens is 338 g/mol. The van der Waals surface area contributed by atoms with Crippen LogP contribution in [0.15, 0.2) is 49.1 Å². The standard InChI is InChI=1S/C21H25N5O/c1-16-13-17(2)26(23-16)20-5-3-19(4-6-20)21(27)25-10-7-18(8-11-25)14-24-12-9-22-15-24/h3-6,9,12-13,15,18H,7-8,10-11,14H2,1-2H3. The Morgan fingerprint density at radius 1 is 1.15 bits per heavy atom. The molecule has 0 atom stereocenters. The van der Waals surface area contributed by atoms with E-state index in [9.17, 15) is 4.79 Å². The van der Waals surface area contributed by atoms with Crippen LogP contribution >= 0.6 is 0 Å². The molecule has 0 unspecified atom stereocenters. The summed E-state index contributed by atoms with van der Waals surface area (Å²) >= 11 is 0. The number of piperidine rings is 1. The first-order chi connectivity index (χ1) is 13.1. The van der Waals surface area contributed by atoms with Crippen LogP contribution < -0.4 is 0 Å². The summed E-state index contributed by atoms with van der Waals surface area (Å²) in [5, 5.41) is 4.50. The normalized spacial score (nSPS) is 15.3. The minimum Gasteiger partial charge on any atom is -0.339 e. The maximum atomic E-state index is 12.8. The van der Waals surface area contributed by atoms with Crippen LogP contribution in [0.4, 0.5) is 0 Å². The molecule has 0 saturated carbocycles. The molecule has 1 saturated heterocycles. The number of imidazole rings is 1. The van der Waals surface area contributed by atoms with Crippen LogP contribution in [-0.4, -0.2) is 43.2 Å². The molecule has 4 rings (SSSR count). The Balaban J connectivity index is 1.38. The van der Waals surface area contributed by atoms with E-state index in [-0.39, 0.29) is 5.91 Å². The van der Waals surface area contributed by atoms with Gasteiger partial charge in [-0.05, 0) is 62.9 Å². The summed E-state index contributed by atoms with van der Waals surface area (Å²) in [6, 6.07) is 9.81. The van der Waals surface area contributed by atoms with Gasteiger partial charge in [0.1, 0.15) is 0 Å². The molecule has 0 spiro atoms. The number of carbonyl (C=O) groups is 1. The second-order valence-corrected chi connectivity index (χ2v) is 7.38. The number of hydrogen-bond acceptors (Lipinski definition) is 3. The Morgan fingerprint density at radius 3 is 2.48 bits per heavy atom. The number of carbonyl (C=O) groups excluding carboxylic acids is 1. The minimum atomic E-state index is 0.121. The first kappa shape index (κ1) is 17.5. The molecule has 0 bridgehead atoms. The first-order valence-electron chi connectivity index (χ1n) is 9.49. The Bertz CT molecular complexity index is 903. The lowest BCUT2D eigenvalue weighted by atomic mass is 9.96. The van der Waals surface area contributed by atoms with Gasteiger partial charge in [0.25, 0.3) is 5.91 Å². The molecule has 140 valence electrons. The summed E-state index contributed by atoms with van der Waals surface area (Å²) in [5.74, 6) is 0.729. The molecule has 1 aromatic carbocycles. The highest BCUT2D eigenvalue weighted by molar-refractivity contribution is 5.94. The van der Waals surface area contributed by atoms with Crippen LogP contribution in [-0.2, 0) is 6.54 Å². The zero-order chi connectivity index (χ0) is 18.8. The van der Waals surface area contributed by atoms with Crippen molar-refractivity contribution in [2.75, 3.05) is 13.1 Å². The zero-order valence-corrected chi connectivity index (χ0v) is 15.9. The summed E-state index contributed by atoms with van der Waals surface area (Å²) < 4.78 is 4.03. The summed E-state index contributed by atoms with van der Waals surface area (Å²) in [4.78, 5) is 18.9. The highest BCUT2D eigenvalue weighted by Gasteiger charge is 2.23. The van der Waals surface area contributed by atoms with E-state index in [1.165, 1.54) is 0 Å². The highest BCUT2D eigenvalue weighted by atomic mass is 16.2. The number of nitrogens with zero attached hydrogens (tertiary/aromatic N) is 5. The van der Waals surface area contributed by atoms with Gasteiger partial charge >= 0.3 is 0 Å². The monoisotopic (exact) mass is 363 g/mol. The average Bonchev–Trinajstić information content (AvgIpc) is 3.31. The van der Waals surface area contributed by atoms with E-state index in [0.29, 0.717) is 5.92 Å². The predicted molar refractivity (Wildman–Crippen MR) is 104 cm³/mol. The van der Waals surface area contributed by atoms with E-state index in [4.69, 9.17) is 0 Å². The van der Waals surface area contributed by atoms with E-state index in [1.807, 2.05) is 72.5 Å². The van der Waals surface area contributed by atoms with Gasteiger partial charge in [0, 0.05) is 43.3 Å². The number of hydrogen-bond donors (Lipinski definition) is 0. The van der Waals surface area contributed by atoms with E-state index < -0.39 is 0 Å². The van der Waals surface area contributed by atoms with E-state index >= 15 is 0 Å². The van der Waals surface area contributed by atoms with Gasteiger partial charge in [-0.3, -0.25) is 4.79 Å². The minimum absolute atomic E-state index is 0.121. The molecule has 0 N–H and O–H groups in total. The van der Waals surface area contributed by atoms with Crippen LogP contribution in [0, 0.1) is 19.8 Å². The van der Waals surface area contributed by atoms with Crippen molar-refractivity contribution in [3.05, 3.63) is 66.0 Å². The van der Waals surface area contributed by atoms with E-state index in [1.54, 1.807) is 0 Å². The Hall–Kier alpha value is -2.89. The third kappa shape index (κ3) is 3.79. The summed E-state index contributed by atoms with van der Waals surface area (Å²) in [6.45, 7) is 6.64. The van der Waals surface area contributed by atoms with Crippen molar-refractivity contribution in [3.63, 3.8) is 0 Å². The summed E-state index contributed by atoms with van der Waals surface area (Å²) in [5.41, 5.74) is 3.81. The van der Waals surface area contributed by atoms with Crippen LogP contribution in [0.1, 0.15) is 34.6 Å². The Labute approximate surface area is 159 Å². The van der Waals surface area contributed by atoms with Crippen molar-refractivity contribution < 1.29 is 4.79 Å². The fraction of sp³-hybridized carbons (Fsp3) is 0.381. The molecule has 0 radical (unpaired) electrons. The number of rotatable bonds is 4. The molecule has 0 aliphatic carbocycles. The fourth-order valence-corrected chi connectivity index (χ4v) is 3.83. The molecule has 3 heterocycles. The second kappa shape index (κ2) is 7.39. The van der Waals surface area contributed by atoms with E-state index in [0.717, 1.165) is 55.1 Å². The lowest BCUT2D eigenvalue weighted by Gasteiger charge is -2.32. The van der Waals surface area contributed by atoms with Crippen molar-refractivity contribution in [1.82, 2.24) is 24.2 Å².